The number of pyridine rings is 1. The van der Waals surface area contributed by atoms with Crippen LogP contribution in [0.25, 0.3) is 11.2 Å². The van der Waals surface area contributed by atoms with E-state index in [4.69, 9.17) is 11.6 Å². The maximum atomic E-state index is 9.24. The van der Waals surface area contributed by atoms with Gasteiger partial charge in [-0.05, 0) is 19.1 Å². The Hall–Kier alpha value is -1.13. The van der Waals surface area contributed by atoms with Crippen LogP contribution in [0, 0.1) is 0 Å². The van der Waals surface area contributed by atoms with Gasteiger partial charge in [-0.15, -0.1) is 0 Å². The van der Waals surface area contributed by atoms with Crippen molar-refractivity contribution >= 4 is 22.8 Å². The quantitative estimate of drug-likeness (QED) is 0.766. The van der Waals surface area contributed by atoms with Gasteiger partial charge in [-0.3, -0.25) is 0 Å². The molecule has 0 fully saturated rings. The molecule has 2 aromatic rings. The second-order valence-electron chi connectivity index (χ2n) is 3.22. The fraction of sp³-hybridized carbons (Fsp3) is 0.333. The van der Waals surface area contributed by atoms with E-state index in [-0.39, 0.29) is 0 Å². The molecule has 0 aliphatic heterocycles. The third-order valence-electron chi connectivity index (χ3n) is 1.89. The molecular weight excluding hydrogens is 202 g/mol. The zero-order valence-corrected chi connectivity index (χ0v) is 8.44. The Labute approximate surface area is 86.2 Å². The van der Waals surface area contributed by atoms with Gasteiger partial charge in [0.25, 0.3) is 0 Å². The topological polar surface area (TPSA) is 50.9 Å². The molecule has 2 aromatic heterocycles. The van der Waals surface area contributed by atoms with Gasteiger partial charge >= 0.3 is 0 Å². The van der Waals surface area contributed by atoms with E-state index in [1.165, 1.54) is 0 Å². The SMILES string of the molecule is CC(O)Cn1cnc2ccc(Cl)nc21. The molecule has 5 heteroatoms. The number of halogens is 1. The van der Waals surface area contributed by atoms with E-state index in [9.17, 15) is 5.11 Å². The van der Waals surface area contributed by atoms with Crippen molar-refractivity contribution < 1.29 is 5.11 Å². The van der Waals surface area contributed by atoms with Crippen LogP contribution >= 0.6 is 11.6 Å². The lowest BCUT2D eigenvalue weighted by Gasteiger charge is -2.05. The number of aliphatic hydroxyl groups excluding tert-OH is 1. The minimum atomic E-state index is -0.423. The fourth-order valence-electron chi connectivity index (χ4n) is 1.33. The summed E-state index contributed by atoms with van der Waals surface area (Å²) in [6.07, 6.45) is 1.23. The molecule has 1 unspecified atom stereocenters. The van der Waals surface area contributed by atoms with E-state index in [0.717, 1.165) is 5.52 Å². The zero-order chi connectivity index (χ0) is 10.1. The van der Waals surface area contributed by atoms with Gasteiger partial charge in [-0.25, -0.2) is 9.97 Å². The van der Waals surface area contributed by atoms with Crippen LogP contribution in [-0.4, -0.2) is 25.7 Å². The summed E-state index contributed by atoms with van der Waals surface area (Å²) in [5.41, 5.74) is 1.49. The standard InChI is InChI=1S/C9H10ClN3O/c1-6(14)4-13-5-11-7-2-3-8(10)12-9(7)13/h2-3,5-6,14H,4H2,1H3. The summed E-state index contributed by atoms with van der Waals surface area (Å²) in [5.74, 6) is 0. The van der Waals surface area contributed by atoms with E-state index in [1.54, 1.807) is 23.9 Å². The molecule has 0 bridgehead atoms. The number of rotatable bonds is 2. The summed E-state index contributed by atoms with van der Waals surface area (Å²) >= 11 is 5.77. The van der Waals surface area contributed by atoms with E-state index >= 15 is 0 Å². The maximum Gasteiger partial charge on any atom is 0.161 e. The summed E-state index contributed by atoms with van der Waals surface area (Å²) in [7, 11) is 0. The molecule has 1 atom stereocenters. The molecule has 2 rings (SSSR count). The highest BCUT2D eigenvalue weighted by atomic mass is 35.5. The highest BCUT2D eigenvalue weighted by Crippen LogP contribution is 2.14. The molecule has 0 spiro atoms. The molecule has 0 saturated carbocycles. The molecule has 0 radical (unpaired) electrons. The number of nitrogens with zero attached hydrogens (tertiary/aromatic N) is 3. The van der Waals surface area contributed by atoms with Gasteiger partial charge in [-0.1, -0.05) is 11.6 Å². The normalized spacial score (nSPS) is 13.4. The van der Waals surface area contributed by atoms with Crippen LogP contribution in [-0.2, 0) is 6.54 Å². The highest BCUT2D eigenvalue weighted by Gasteiger charge is 2.06. The number of fused-ring (bicyclic) bond motifs is 1. The first kappa shape index (κ1) is 9.43. The van der Waals surface area contributed by atoms with Crippen LogP contribution < -0.4 is 0 Å². The van der Waals surface area contributed by atoms with Crippen molar-refractivity contribution in [3.63, 3.8) is 0 Å². The molecule has 0 amide bonds. The molecular formula is C9H10ClN3O. The van der Waals surface area contributed by atoms with Crippen LogP contribution in [0.4, 0.5) is 0 Å². The van der Waals surface area contributed by atoms with Gasteiger partial charge in [0.2, 0.25) is 0 Å². The molecule has 2 heterocycles. The molecule has 4 nitrogen and oxygen atoms in total. The van der Waals surface area contributed by atoms with Crippen LogP contribution in [0.3, 0.4) is 0 Å². The third kappa shape index (κ3) is 1.71. The van der Waals surface area contributed by atoms with Crippen LogP contribution in [0.5, 0.6) is 0 Å². The lowest BCUT2D eigenvalue weighted by atomic mass is 10.4. The minimum absolute atomic E-state index is 0.423. The second-order valence-corrected chi connectivity index (χ2v) is 3.61. The molecule has 0 aliphatic rings. The lowest BCUT2D eigenvalue weighted by Crippen LogP contribution is -2.11. The van der Waals surface area contributed by atoms with Crippen molar-refractivity contribution in [2.75, 3.05) is 0 Å². The Morgan fingerprint density at radius 1 is 1.57 bits per heavy atom. The summed E-state index contributed by atoms with van der Waals surface area (Å²) in [6.45, 7) is 2.19. The molecule has 0 aliphatic carbocycles. The Bertz CT molecular complexity index is 452. The average Bonchev–Trinajstić information content (AvgIpc) is 2.47. The molecule has 74 valence electrons. The Morgan fingerprint density at radius 3 is 3.07 bits per heavy atom. The second kappa shape index (κ2) is 3.55. The van der Waals surface area contributed by atoms with Crippen LogP contribution in [0.15, 0.2) is 18.5 Å². The zero-order valence-electron chi connectivity index (χ0n) is 7.68. The number of imidazole rings is 1. The first-order valence-electron chi connectivity index (χ1n) is 4.32. The Balaban J connectivity index is 2.50. The summed E-state index contributed by atoms with van der Waals surface area (Å²) in [4.78, 5) is 8.29. The van der Waals surface area contributed by atoms with Gasteiger partial charge in [0.15, 0.2) is 5.65 Å². The summed E-state index contributed by atoms with van der Waals surface area (Å²) in [5, 5.41) is 9.68. The summed E-state index contributed by atoms with van der Waals surface area (Å²) in [6, 6.07) is 3.51. The van der Waals surface area contributed by atoms with Gasteiger partial charge < -0.3 is 9.67 Å². The number of hydrogen-bond donors (Lipinski definition) is 1. The smallest absolute Gasteiger partial charge is 0.161 e. The van der Waals surface area contributed by atoms with E-state index in [1.807, 2.05) is 6.07 Å². The first-order chi connectivity index (χ1) is 6.66. The van der Waals surface area contributed by atoms with Gasteiger partial charge in [-0.2, -0.15) is 0 Å². The van der Waals surface area contributed by atoms with E-state index < -0.39 is 6.10 Å². The molecule has 1 N–H and O–H groups in total. The van der Waals surface area contributed by atoms with Crippen molar-refractivity contribution in [2.45, 2.75) is 19.6 Å². The number of hydrogen-bond acceptors (Lipinski definition) is 3. The Kier molecular flexibility index (Phi) is 2.39. The summed E-state index contributed by atoms with van der Waals surface area (Å²) < 4.78 is 1.78. The van der Waals surface area contributed by atoms with Crippen LogP contribution in [0.2, 0.25) is 5.15 Å². The van der Waals surface area contributed by atoms with Crippen LogP contribution in [0.1, 0.15) is 6.92 Å². The monoisotopic (exact) mass is 211 g/mol. The van der Waals surface area contributed by atoms with Gasteiger partial charge in [0, 0.05) is 0 Å². The maximum absolute atomic E-state index is 9.24. The Morgan fingerprint density at radius 2 is 2.36 bits per heavy atom. The van der Waals surface area contributed by atoms with Crippen molar-refractivity contribution in [1.82, 2.24) is 14.5 Å². The predicted octanol–water partition coefficient (Wildman–Crippen LogP) is 1.47. The molecule has 0 saturated heterocycles. The van der Waals surface area contributed by atoms with E-state index in [0.29, 0.717) is 17.3 Å². The molecule has 0 aromatic carbocycles. The minimum Gasteiger partial charge on any atom is -0.392 e. The number of aromatic nitrogens is 3. The largest absolute Gasteiger partial charge is 0.392 e. The first-order valence-corrected chi connectivity index (χ1v) is 4.70. The van der Waals surface area contributed by atoms with Gasteiger partial charge in [0.1, 0.15) is 10.7 Å². The number of aliphatic hydroxyl groups is 1. The van der Waals surface area contributed by atoms with Crippen molar-refractivity contribution in [3.05, 3.63) is 23.6 Å². The van der Waals surface area contributed by atoms with E-state index in [2.05, 4.69) is 9.97 Å². The highest BCUT2D eigenvalue weighted by molar-refractivity contribution is 6.29. The average molecular weight is 212 g/mol. The molecule has 14 heavy (non-hydrogen) atoms. The lowest BCUT2D eigenvalue weighted by molar-refractivity contribution is 0.175. The van der Waals surface area contributed by atoms with Crippen molar-refractivity contribution in [1.29, 1.82) is 0 Å². The predicted molar refractivity (Wildman–Crippen MR) is 54.2 cm³/mol. The van der Waals surface area contributed by atoms with Gasteiger partial charge in [0.05, 0.1) is 19.0 Å². The van der Waals surface area contributed by atoms with Crippen molar-refractivity contribution in [3.8, 4) is 0 Å². The fourth-order valence-corrected chi connectivity index (χ4v) is 1.48. The third-order valence-corrected chi connectivity index (χ3v) is 2.10. The van der Waals surface area contributed by atoms with Crippen molar-refractivity contribution in [2.24, 2.45) is 0 Å².